The van der Waals surface area contributed by atoms with Gasteiger partial charge in [-0.25, -0.2) is 0 Å². The maximum Gasteiger partial charge on any atom is 0.313 e. The van der Waals surface area contributed by atoms with E-state index in [0.717, 1.165) is 0 Å². The summed E-state index contributed by atoms with van der Waals surface area (Å²) in [5, 5.41) is 18.9. The molecule has 0 saturated carbocycles. The van der Waals surface area contributed by atoms with Gasteiger partial charge >= 0.3 is 11.9 Å². The normalized spacial score (nSPS) is 12.3. The molecule has 1 aromatic carbocycles. The van der Waals surface area contributed by atoms with Gasteiger partial charge in [-0.3, -0.25) is 9.59 Å². The zero-order valence-corrected chi connectivity index (χ0v) is 12.1. The van der Waals surface area contributed by atoms with Crippen LogP contribution in [0.1, 0.15) is 38.8 Å². The van der Waals surface area contributed by atoms with Gasteiger partial charge in [-0.2, -0.15) is 0 Å². The summed E-state index contributed by atoms with van der Waals surface area (Å²) in [6.07, 6.45) is 0. The molecule has 0 amide bonds. The van der Waals surface area contributed by atoms with Crippen LogP contribution in [0.2, 0.25) is 5.02 Å². The summed E-state index contributed by atoms with van der Waals surface area (Å²) >= 11 is 6.11. The molecule has 1 rings (SSSR count). The molecule has 0 radical (unpaired) electrons. The summed E-state index contributed by atoms with van der Waals surface area (Å²) in [6.45, 7) is 6.08. The first-order valence-corrected chi connectivity index (χ1v) is 6.17. The summed E-state index contributed by atoms with van der Waals surface area (Å²) in [6, 6.07) is 4.81. The first kappa shape index (κ1) is 15.5. The summed E-state index contributed by atoms with van der Waals surface area (Å²) in [7, 11) is 0. The molecule has 0 aliphatic heterocycles. The third-order valence-electron chi connectivity index (χ3n) is 3.38. The molecule has 0 unspecified atom stereocenters. The fraction of sp³-hybridized carbons (Fsp3) is 0.429. The molecule has 4 nitrogen and oxygen atoms in total. The van der Waals surface area contributed by atoms with E-state index in [-0.39, 0.29) is 5.02 Å². The molecule has 1 aromatic rings. The van der Waals surface area contributed by atoms with Gasteiger partial charge < -0.3 is 10.2 Å². The van der Waals surface area contributed by atoms with Crippen molar-refractivity contribution in [2.24, 2.45) is 0 Å². The highest BCUT2D eigenvalue weighted by Crippen LogP contribution is 2.39. The molecule has 0 spiro atoms. The molecule has 0 bridgehead atoms. The Morgan fingerprint density at radius 3 is 1.89 bits per heavy atom. The van der Waals surface area contributed by atoms with Crippen molar-refractivity contribution in [1.82, 2.24) is 0 Å². The molecule has 0 saturated heterocycles. The second kappa shape index (κ2) is 4.85. The number of benzene rings is 1. The van der Waals surface area contributed by atoms with Crippen molar-refractivity contribution in [3.05, 3.63) is 34.3 Å². The summed E-state index contributed by atoms with van der Waals surface area (Å²) in [5.41, 5.74) is -1.72. The maximum absolute atomic E-state index is 11.4. The number of aliphatic carboxylic acids is 2. The van der Waals surface area contributed by atoms with Gasteiger partial charge in [0.2, 0.25) is 0 Å². The molecule has 2 N–H and O–H groups in total. The quantitative estimate of drug-likeness (QED) is 0.891. The largest absolute Gasteiger partial charge is 0.481 e. The van der Waals surface area contributed by atoms with Gasteiger partial charge in [0.15, 0.2) is 0 Å². The van der Waals surface area contributed by atoms with Crippen molar-refractivity contribution in [1.29, 1.82) is 0 Å². The minimum absolute atomic E-state index is 0.263. The van der Waals surface area contributed by atoms with E-state index in [1.165, 1.54) is 27.7 Å². The number of hydrogen-bond donors (Lipinski definition) is 2. The minimum atomic E-state index is -1.26. The molecule has 0 aliphatic rings. The fourth-order valence-electron chi connectivity index (χ4n) is 1.90. The van der Waals surface area contributed by atoms with Gasteiger partial charge in [-0.15, -0.1) is 0 Å². The molecular weight excluding hydrogens is 268 g/mol. The van der Waals surface area contributed by atoms with Crippen molar-refractivity contribution in [2.75, 3.05) is 0 Å². The van der Waals surface area contributed by atoms with E-state index < -0.39 is 22.8 Å². The lowest BCUT2D eigenvalue weighted by Crippen LogP contribution is -2.36. The molecule has 104 valence electrons. The Bertz CT molecular complexity index is 532. The first-order chi connectivity index (χ1) is 8.52. The van der Waals surface area contributed by atoms with Gasteiger partial charge in [-0.05, 0) is 44.9 Å². The van der Waals surface area contributed by atoms with Crippen LogP contribution in [-0.4, -0.2) is 22.2 Å². The van der Waals surface area contributed by atoms with Gasteiger partial charge in [0.1, 0.15) is 0 Å². The van der Waals surface area contributed by atoms with Crippen molar-refractivity contribution < 1.29 is 19.8 Å². The Kier molecular flexibility index (Phi) is 3.96. The second-order valence-corrected chi connectivity index (χ2v) is 5.93. The predicted octanol–water partition coefficient (Wildman–Crippen LogP) is 3.06. The third-order valence-corrected chi connectivity index (χ3v) is 3.70. The lowest BCUT2D eigenvalue weighted by molar-refractivity contribution is -0.144. The number of carbonyl (C=O) groups is 2. The highest BCUT2D eigenvalue weighted by atomic mass is 35.5. The zero-order chi connectivity index (χ0) is 15.0. The number of hydrogen-bond acceptors (Lipinski definition) is 2. The molecule has 0 aliphatic carbocycles. The van der Waals surface area contributed by atoms with Crippen LogP contribution in [0.3, 0.4) is 0 Å². The van der Waals surface area contributed by atoms with E-state index in [0.29, 0.717) is 11.1 Å². The standard InChI is InChI=1S/C14H17ClO4/c1-13(2,11(16)17)8-6-5-7-9(15)10(8)14(3,4)12(18)19/h5-7H,1-4H3,(H,16,17)(H,18,19). The Hall–Kier alpha value is -1.55. The zero-order valence-electron chi connectivity index (χ0n) is 11.3. The summed E-state index contributed by atoms with van der Waals surface area (Å²) in [5.74, 6) is -2.08. The average Bonchev–Trinajstić information content (AvgIpc) is 2.27. The predicted molar refractivity (Wildman–Crippen MR) is 72.8 cm³/mol. The molecule has 19 heavy (non-hydrogen) atoms. The van der Waals surface area contributed by atoms with E-state index in [2.05, 4.69) is 0 Å². The molecule has 0 heterocycles. The highest BCUT2D eigenvalue weighted by molar-refractivity contribution is 6.32. The van der Waals surface area contributed by atoms with E-state index >= 15 is 0 Å². The number of carboxylic acid groups (broad SMARTS) is 2. The van der Waals surface area contributed by atoms with Gasteiger partial charge in [0.25, 0.3) is 0 Å². The van der Waals surface area contributed by atoms with Gasteiger partial charge in [0, 0.05) is 5.02 Å². The van der Waals surface area contributed by atoms with Crippen LogP contribution in [0.15, 0.2) is 18.2 Å². The van der Waals surface area contributed by atoms with Crippen LogP contribution in [0.25, 0.3) is 0 Å². The van der Waals surface area contributed by atoms with E-state index in [4.69, 9.17) is 11.6 Å². The lowest BCUT2D eigenvalue weighted by atomic mass is 9.73. The minimum Gasteiger partial charge on any atom is -0.481 e. The third kappa shape index (κ3) is 2.59. The van der Waals surface area contributed by atoms with Crippen LogP contribution >= 0.6 is 11.6 Å². The molecule has 0 atom stereocenters. The van der Waals surface area contributed by atoms with E-state index in [1.54, 1.807) is 18.2 Å². The smallest absolute Gasteiger partial charge is 0.313 e. The molecule has 0 aromatic heterocycles. The van der Waals surface area contributed by atoms with Crippen LogP contribution in [0.4, 0.5) is 0 Å². The van der Waals surface area contributed by atoms with Crippen LogP contribution in [0, 0.1) is 0 Å². The second-order valence-electron chi connectivity index (χ2n) is 5.52. The molecular formula is C14H17ClO4. The Labute approximate surface area is 117 Å². The molecule has 5 heteroatoms. The summed E-state index contributed by atoms with van der Waals surface area (Å²) in [4.78, 5) is 22.8. The van der Waals surface area contributed by atoms with Crippen molar-refractivity contribution >= 4 is 23.5 Å². The number of rotatable bonds is 4. The first-order valence-electron chi connectivity index (χ1n) is 5.79. The number of carboxylic acids is 2. The van der Waals surface area contributed by atoms with Gasteiger partial charge in [-0.1, -0.05) is 23.7 Å². The van der Waals surface area contributed by atoms with E-state index in [1.807, 2.05) is 0 Å². The fourth-order valence-corrected chi connectivity index (χ4v) is 2.31. The maximum atomic E-state index is 11.4. The van der Waals surface area contributed by atoms with E-state index in [9.17, 15) is 19.8 Å². The highest BCUT2D eigenvalue weighted by Gasteiger charge is 2.40. The van der Waals surface area contributed by atoms with Crippen molar-refractivity contribution in [2.45, 2.75) is 38.5 Å². The van der Waals surface area contributed by atoms with Gasteiger partial charge in [0.05, 0.1) is 10.8 Å². The SMILES string of the molecule is CC(C)(C(=O)O)c1cccc(Cl)c1C(C)(C)C(=O)O. The van der Waals surface area contributed by atoms with Crippen LogP contribution < -0.4 is 0 Å². The molecule has 0 fully saturated rings. The average molecular weight is 285 g/mol. The Balaban J connectivity index is 3.66. The monoisotopic (exact) mass is 284 g/mol. The Morgan fingerprint density at radius 2 is 1.47 bits per heavy atom. The summed E-state index contributed by atoms with van der Waals surface area (Å²) < 4.78 is 0. The number of halogens is 1. The topological polar surface area (TPSA) is 74.6 Å². The Morgan fingerprint density at radius 1 is 1.00 bits per heavy atom. The van der Waals surface area contributed by atoms with Crippen LogP contribution in [0.5, 0.6) is 0 Å². The van der Waals surface area contributed by atoms with Crippen molar-refractivity contribution in [3.8, 4) is 0 Å². The van der Waals surface area contributed by atoms with Crippen molar-refractivity contribution in [3.63, 3.8) is 0 Å². The van der Waals surface area contributed by atoms with Crippen LogP contribution in [-0.2, 0) is 20.4 Å². The lowest BCUT2D eigenvalue weighted by Gasteiger charge is -2.30.